The number of nitrogens with two attached hydrogens (primary N) is 2. The van der Waals surface area contributed by atoms with E-state index < -0.39 is 49.1 Å². The number of hydrogen-bond donors (Lipinski definition) is 8. The molecule has 10 N–H and O–H groups in total. The number of carboxylic acids is 1. The van der Waals surface area contributed by atoms with Crippen LogP contribution in [0, 0.1) is 0 Å². The molecule has 1 heterocycles. The number of aliphatic hydroxyl groups is 3. The second kappa shape index (κ2) is 9.24. The van der Waals surface area contributed by atoms with Crippen LogP contribution >= 0.6 is 0 Å². The Balaban J connectivity index is 2.87. The van der Waals surface area contributed by atoms with Gasteiger partial charge >= 0.3 is 12.0 Å². The molecule has 1 aromatic heterocycles. The highest BCUT2D eigenvalue weighted by Gasteiger charge is 2.28. The van der Waals surface area contributed by atoms with Gasteiger partial charge < -0.3 is 47.1 Å². The van der Waals surface area contributed by atoms with Crippen LogP contribution in [0.5, 0.6) is 0 Å². The monoisotopic (exact) mass is 362 g/mol. The molecular formula is C12H22N6O7. The van der Waals surface area contributed by atoms with E-state index in [-0.39, 0.29) is 18.1 Å². The molecule has 0 bridgehead atoms. The van der Waals surface area contributed by atoms with Gasteiger partial charge in [0.05, 0.1) is 18.8 Å². The van der Waals surface area contributed by atoms with E-state index in [2.05, 4.69) is 20.8 Å². The number of amides is 2. The van der Waals surface area contributed by atoms with Crippen molar-refractivity contribution in [2.75, 3.05) is 6.61 Å². The second-order valence-electron chi connectivity index (χ2n) is 5.31. The van der Waals surface area contributed by atoms with Gasteiger partial charge in [-0.3, -0.25) is 0 Å². The molecule has 2 unspecified atom stereocenters. The smallest absolute Gasteiger partial charge is 0.328 e. The zero-order valence-corrected chi connectivity index (χ0v) is 13.4. The van der Waals surface area contributed by atoms with Crippen LogP contribution < -0.4 is 22.1 Å². The molecule has 0 fully saturated rings. The first-order valence-corrected chi connectivity index (χ1v) is 7.27. The van der Waals surface area contributed by atoms with Gasteiger partial charge in [0.15, 0.2) is 11.9 Å². The van der Waals surface area contributed by atoms with Crippen LogP contribution in [-0.4, -0.2) is 67.5 Å². The van der Waals surface area contributed by atoms with Gasteiger partial charge in [-0.2, -0.15) is 4.98 Å². The third kappa shape index (κ3) is 6.24. The van der Waals surface area contributed by atoms with E-state index >= 15 is 0 Å². The number of aromatic nitrogens is 2. The highest BCUT2D eigenvalue weighted by Crippen LogP contribution is 2.17. The molecule has 0 spiro atoms. The average Bonchev–Trinajstić information content (AvgIpc) is 3.00. The minimum atomic E-state index is -1.55. The van der Waals surface area contributed by atoms with E-state index in [0.29, 0.717) is 0 Å². The van der Waals surface area contributed by atoms with E-state index in [4.69, 9.17) is 26.2 Å². The van der Waals surface area contributed by atoms with Gasteiger partial charge in [-0.15, -0.1) is 0 Å². The summed E-state index contributed by atoms with van der Waals surface area (Å²) in [5, 5.41) is 44.5. The Hall–Kier alpha value is -2.32. The number of carbonyl (C=O) groups excluding carboxylic acids is 1. The summed E-state index contributed by atoms with van der Waals surface area (Å²) in [5.74, 6) is -1.61. The zero-order valence-electron chi connectivity index (χ0n) is 13.4. The highest BCUT2D eigenvalue weighted by molar-refractivity contribution is 5.83. The summed E-state index contributed by atoms with van der Waals surface area (Å²) in [7, 11) is 0. The van der Waals surface area contributed by atoms with Gasteiger partial charge in [0.1, 0.15) is 12.3 Å². The lowest BCUT2D eigenvalue weighted by molar-refractivity contribution is -0.141. The molecule has 0 saturated heterocycles. The van der Waals surface area contributed by atoms with Crippen LogP contribution in [0.4, 0.5) is 4.79 Å². The van der Waals surface area contributed by atoms with Crippen molar-refractivity contribution in [1.82, 2.24) is 20.8 Å². The molecule has 0 aliphatic carbocycles. The van der Waals surface area contributed by atoms with Crippen molar-refractivity contribution in [3.05, 3.63) is 11.7 Å². The topological polar surface area (TPSA) is 230 Å². The number of carbonyl (C=O) groups is 2. The fourth-order valence-electron chi connectivity index (χ4n) is 1.81. The van der Waals surface area contributed by atoms with Gasteiger partial charge in [0.25, 0.3) is 0 Å². The fourth-order valence-corrected chi connectivity index (χ4v) is 1.81. The predicted molar refractivity (Wildman–Crippen MR) is 80.6 cm³/mol. The molecule has 142 valence electrons. The van der Waals surface area contributed by atoms with Crippen LogP contribution in [0.15, 0.2) is 4.52 Å². The Morgan fingerprint density at radius 1 is 1.28 bits per heavy atom. The number of nitrogens with zero attached hydrogens (tertiary/aromatic N) is 2. The molecular weight excluding hydrogens is 340 g/mol. The first kappa shape index (κ1) is 20.7. The van der Waals surface area contributed by atoms with Gasteiger partial charge in [-0.1, -0.05) is 5.16 Å². The van der Waals surface area contributed by atoms with Crippen molar-refractivity contribution in [2.24, 2.45) is 11.5 Å². The quantitative estimate of drug-likeness (QED) is 0.205. The standard InChI is InChI=1S/C12H22N6O7/c1-4(20)8(11(22)23)16-12(24)15-6(2-7(14)21)10-17-9(18-25-10)5(13)3-19/h4-8,19-21H,2-3,13-14H2,1H3,(H,22,23)(H2,15,16,24)/t4?,5-,6+,7?,8+/m0/s1. The Morgan fingerprint density at radius 2 is 1.92 bits per heavy atom. The maximum absolute atomic E-state index is 12.0. The molecule has 0 saturated carbocycles. The predicted octanol–water partition coefficient (Wildman–Crippen LogP) is -3.10. The van der Waals surface area contributed by atoms with Crippen molar-refractivity contribution < 1.29 is 34.5 Å². The van der Waals surface area contributed by atoms with Crippen molar-refractivity contribution in [3.63, 3.8) is 0 Å². The summed E-state index contributed by atoms with van der Waals surface area (Å²) in [6, 6.07) is -4.48. The Labute approximate surface area is 142 Å². The SMILES string of the molecule is CC(O)[C@@H](NC(=O)N[C@H](CC(N)O)c1nc([C@@H](N)CO)no1)C(=O)O. The first-order valence-electron chi connectivity index (χ1n) is 7.27. The van der Waals surface area contributed by atoms with Crippen molar-refractivity contribution in [2.45, 2.75) is 43.8 Å². The summed E-state index contributed by atoms with van der Waals surface area (Å²) in [6.07, 6.45) is -2.92. The Morgan fingerprint density at radius 3 is 2.40 bits per heavy atom. The number of urea groups is 1. The number of aliphatic carboxylic acids is 1. The number of rotatable bonds is 9. The maximum Gasteiger partial charge on any atom is 0.328 e. The first-order chi connectivity index (χ1) is 11.6. The summed E-state index contributed by atoms with van der Waals surface area (Å²) >= 11 is 0. The third-order valence-corrected chi connectivity index (χ3v) is 3.10. The summed E-state index contributed by atoms with van der Waals surface area (Å²) in [5.41, 5.74) is 10.8. The summed E-state index contributed by atoms with van der Waals surface area (Å²) in [6.45, 7) is 0.756. The molecule has 13 nitrogen and oxygen atoms in total. The lowest BCUT2D eigenvalue weighted by atomic mass is 10.1. The lowest BCUT2D eigenvalue weighted by Crippen LogP contribution is -2.52. The molecule has 0 radical (unpaired) electrons. The van der Waals surface area contributed by atoms with E-state index in [9.17, 15) is 19.8 Å². The third-order valence-electron chi connectivity index (χ3n) is 3.10. The number of aliphatic hydroxyl groups excluding tert-OH is 3. The molecule has 2 amide bonds. The number of hydrogen-bond acceptors (Lipinski definition) is 10. The van der Waals surface area contributed by atoms with E-state index in [1.807, 2.05) is 0 Å². The van der Waals surface area contributed by atoms with Crippen LogP contribution in [-0.2, 0) is 4.79 Å². The highest BCUT2D eigenvalue weighted by atomic mass is 16.5. The molecule has 13 heteroatoms. The van der Waals surface area contributed by atoms with E-state index in [0.717, 1.165) is 0 Å². The minimum Gasteiger partial charge on any atom is -0.480 e. The van der Waals surface area contributed by atoms with Crippen LogP contribution in [0.3, 0.4) is 0 Å². The Kier molecular flexibility index (Phi) is 7.66. The normalized spacial score (nSPS) is 17.2. The molecule has 0 aliphatic heterocycles. The summed E-state index contributed by atoms with van der Waals surface area (Å²) < 4.78 is 4.92. The van der Waals surface area contributed by atoms with Crippen LogP contribution in [0.2, 0.25) is 0 Å². The van der Waals surface area contributed by atoms with E-state index in [1.165, 1.54) is 6.92 Å². The maximum atomic E-state index is 12.0. The summed E-state index contributed by atoms with van der Waals surface area (Å²) in [4.78, 5) is 26.8. The van der Waals surface area contributed by atoms with Gasteiger partial charge in [0, 0.05) is 6.42 Å². The minimum absolute atomic E-state index is 0.0244. The number of nitrogens with one attached hydrogen (secondary N) is 2. The average molecular weight is 362 g/mol. The van der Waals surface area contributed by atoms with E-state index in [1.54, 1.807) is 0 Å². The van der Waals surface area contributed by atoms with Crippen LogP contribution in [0.25, 0.3) is 0 Å². The van der Waals surface area contributed by atoms with Crippen molar-refractivity contribution in [1.29, 1.82) is 0 Å². The van der Waals surface area contributed by atoms with Gasteiger partial charge in [-0.05, 0) is 6.92 Å². The largest absolute Gasteiger partial charge is 0.480 e. The van der Waals surface area contributed by atoms with Crippen LogP contribution in [0.1, 0.15) is 37.1 Å². The van der Waals surface area contributed by atoms with Crippen molar-refractivity contribution in [3.8, 4) is 0 Å². The fraction of sp³-hybridized carbons (Fsp3) is 0.667. The molecule has 5 atom stereocenters. The Bertz CT molecular complexity index is 578. The van der Waals surface area contributed by atoms with Gasteiger partial charge in [0.2, 0.25) is 5.89 Å². The molecule has 1 aromatic rings. The molecule has 0 aliphatic rings. The second-order valence-corrected chi connectivity index (χ2v) is 5.31. The zero-order chi connectivity index (χ0) is 19.1. The lowest BCUT2D eigenvalue weighted by Gasteiger charge is -2.21. The number of carboxylic acid groups (broad SMARTS) is 1. The van der Waals surface area contributed by atoms with Crippen molar-refractivity contribution >= 4 is 12.0 Å². The molecule has 25 heavy (non-hydrogen) atoms. The van der Waals surface area contributed by atoms with Gasteiger partial charge in [-0.25, -0.2) is 9.59 Å². The molecule has 0 aromatic carbocycles. The molecule has 1 rings (SSSR count).